The smallest absolute Gasteiger partial charge is 0.199 e. The molecular formula is C20H14O4S2. The number of rotatable bonds is 3. The molecule has 0 saturated heterocycles. The van der Waals surface area contributed by atoms with Crippen molar-refractivity contribution in [3.8, 4) is 21.8 Å². The summed E-state index contributed by atoms with van der Waals surface area (Å²) >= 11 is 1.48. The summed E-state index contributed by atoms with van der Waals surface area (Å²) in [6.07, 6.45) is 2.70. The van der Waals surface area contributed by atoms with Crippen molar-refractivity contribution >= 4 is 31.3 Å². The Morgan fingerprint density at radius 2 is 1.65 bits per heavy atom. The highest BCUT2D eigenvalue weighted by atomic mass is 32.2. The highest BCUT2D eigenvalue weighted by molar-refractivity contribution is 7.90. The van der Waals surface area contributed by atoms with Crippen LogP contribution in [0.2, 0.25) is 0 Å². The predicted molar refractivity (Wildman–Crippen MR) is 104 cm³/mol. The summed E-state index contributed by atoms with van der Waals surface area (Å²) in [5, 5.41) is 0.639. The lowest BCUT2D eigenvalue weighted by Crippen LogP contribution is -2.05. The topological polar surface area (TPSA) is 64.3 Å². The molecule has 0 N–H and O–H groups in total. The van der Waals surface area contributed by atoms with Gasteiger partial charge in [-0.2, -0.15) is 0 Å². The zero-order valence-corrected chi connectivity index (χ0v) is 15.4. The lowest BCUT2D eigenvalue weighted by atomic mass is 10.1. The summed E-state index contributed by atoms with van der Waals surface area (Å²) in [6.45, 7) is 0. The van der Waals surface area contributed by atoms with Gasteiger partial charge in [0.1, 0.15) is 5.76 Å². The van der Waals surface area contributed by atoms with E-state index < -0.39 is 9.84 Å². The lowest BCUT2D eigenvalue weighted by Gasteiger charge is -2.09. The molecule has 0 aliphatic heterocycles. The van der Waals surface area contributed by atoms with E-state index in [0.29, 0.717) is 16.7 Å². The average molecular weight is 382 g/mol. The molecule has 4 aromatic rings. The Hall–Kier alpha value is -2.70. The average Bonchev–Trinajstić information content (AvgIpc) is 3.15. The van der Waals surface area contributed by atoms with Gasteiger partial charge in [0.25, 0.3) is 0 Å². The Labute approximate surface area is 154 Å². The second kappa shape index (κ2) is 6.23. The van der Waals surface area contributed by atoms with Gasteiger partial charge in [0.05, 0.1) is 16.7 Å². The van der Waals surface area contributed by atoms with Gasteiger partial charge in [-0.25, -0.2) is 8.42 Å². The van der Waals surface area contributed by atoms with Crippen molar-refractivity contribution in [3.05, 3.63) is 77.2 Å². The van der Waals surface area contributed by atoms with Crippen molar-refractivity contribution < 1.29 is 12.8 Å². The molecule has 26 heavy (non-hydrogen) atoms. The van der Waals surface area contributed by atoms with Crippen LogP contribution in [-0.2, 0) is 9.84 Å². The summed E-state index contributed by atoms with van der Waals surface area (Å²) in [4.78, 5) is 14.1. The van der Waals surface area contributed by atoms with E-state index in [1.54, 1.807) is 42.5 Å². The summed E-state index contributed by atoms with van der Waals surface area (Å²) < 4.78 is 29.8. The predicted octanol–water partition coefficient (Wildman–Crippen LogP) is 4.59. The van der Waals surface area contributed by atoms with Crippen molar-refractivity contribution in [2.45, 2.75) is 4.90 Å². The van der Waals surface area contributed by atoms with Gasteiger partial charge < -0.3 is 4.42 Å². The van der Waals surface area contributed by atoms with Gasteiger partial charge in [0.15, 0.2) is 15.3 Å². The number of fused-ring (bicyclic) bond motifs is 1. The van der Waals surface area contributed by atoms with Crippen LogP contribution in [0.4, 0.5) is 0 Å². The first kappa shape index (κ1) is 16.8. The molecule has 6 heteroatoms. The molecule has 0 spiro atoms. The second-order valence-corrected chi connectivity index (χ2v) is 8.97. The van der Waals surface area contributed by atoms with Crippen molar-refractivity contribution in [3.63, 3.8) is 0 Å². The molecule has 4 nitrogen and oxygen atoms in total. The third-order valence-corrected chi connectivity index (χ3v) is 6.46. The summed E-state index contributed by atoms with van der Waals surface area (Å²) in [5.41, 5.74) is 1.17. The molecule has 0 bridgehead atoms. The SMILES string of the molecule is CS(=O)(=O)c1ccc(-c2sc3ccccc3c(=O)c2-c2ccco2)cc1. The zero-order chi connectivity index (χ0) is 18.3. The first-order valence-corrected chi connectivity index (χ1v) is 10.6. The number of benzene rings is 2. The molecular weight excluding hydrogens is 368 g/mol. The van der Waals surface area contributed by atoms with E-state index in [1.807, 2.05) is 18.2 Å². The van der Waals surface area contributed by atoms with Crippen molar-refractivity contribution in [2.24, 2.45) is 0 Å². The van der Waals surface area contributed by atoms with Crippen LogP contribution in [0, 0.1) is 0 Å². The first-order valence-electron chi connectivity index (χ1n) is 7.85. The highest BCUT2D eigenvalue weighted by Crippen LogP contribution is 2.37. The van der Waals surface area contributed by atoms with E-state index in [-0.39, 0.29) is 10.3 Å². The van der Waals surface area contributed by atoms with Crippen LogP contribution in [0.15, 0.2) is 81.0 Å². The molecule has 2 heterocycles. The van der Waals surface area contributed by atoms with Gasteiger partial charge in [-0.3, -0.25) is 4.79 Å². The standard InChI is InChI=1S/C20H14O4S2/c1-26(22,23)14-10-8-13(9-11-14)20-18(16-6-4-12-24-16)19(21)15-5-2-3-7-17(15)25-20/h2-12H,1H3. The molecule has 0 saturated carbocycles. The molecule has 0 fully saturated rings. The van der Waals surface area contributed by atoms with E-state index in [0.717, 1.165) is 15.1 Å². The Kier molecular flexibility index (Phi) is 4.01. The minimum absolute atomic E-state index is 0.100. The molecule has 0 amide bonds. The molecule has 130 valence electrons. The van der Waals surface area contributed by atoms with E-state index in [4.69, 9.17) is 4.42 Å². The van der Waals surface area contributed by atoms with Crippen LogP contribution in [0.3, 0.4) is 0 Å². The third-order valence-electron chi connectivity index (χ3n) is 4.11. The largest absolute Gasteiger partial charge is 0.464 e. The summed E-state index contributed by atoms with van der Waals surface area (Å²) in [7, 11) is -3.27. The van der Waals surface area contributed by atoms with E-state index in [9.17, 15) is 13.2 Å². The lowest BCUT2D eigenvalue weighted by molar-refractivity contribution is 0.582. The number of hydrogen-bond acceptors (Lipinski definition) is 5. The van der Waals surface area contributed by atoms with Gasteiger partial charge >= 0.3 is 0 Å². The summed E-state index contributed by atoms with van der Waals surface area (Å²) in [5.74, 6) is 0.499. The van der Waals surface area contributed by atoms with Crippen LogP contribution in [-0.4, -0.2) is 14.7 Å². The molecule has 0 radical (unpaired) electrons. The Morgan fingerprint density at radius 3 is 2.31 bits per heavy atom. The van der Waals surface area contributed by atoms with Gasteiger partial charge in [0.2, 0.25) is 0 Å². The van der Waals surface area contributed by atoms with Gasteiger partial charge in [-0.05, 0) is 42.0 Å². The quantitative estimate of drug-likeness (QED) is 0.520. The minimum atomic E-state index is -3.27. The van der Waals surface area contributed by atoms with Gasteiger partial charge in [-0.1, -0.05) is 24.3 Å². The highest BCUT2D eigenvalue weighted by Gasteiger charge is 2.18. The molecule has 0 atom stereocenters. The monoisotopic (exact) mass is 382 g/mol. The fraction of sp³-hybridized carbons (Fsp3) is 0.0500. The Morgan fingerprint density at radius 1 is 0.923 bits per heavy atom. The van der Waals surface area contributed by atoms with Crippen LogP contribution in [0.25, 0.3) is 31.9 Å². The number of sulfone groups is 1. The van der Waals surface area contributed by atoms with E-state index >= 15 is 0 Å². The van der Waals surface area contributed by atoms with Crippen molar-refractivity contribution in [1.82, 2.24) is 0 Å². The van der Waals surface area contributed by atoms with Gasteiger partial charge in [0, 0.05) is 21.2 Å². The molecule has 0 unspecified atom stereocenters. The van der Waals surface area contributed by atoms with Crippen molar-refractivity contribution in [1.29, 1.82) is 0 Å². The third kappa shape index (κ3) is 2.87. The molecule has 2 aromatic carbocycles. The van der Waals surface area contributed by atoms with Crippen LogP contribution < -0.4 is 5.43 Å². The molecule has 2 aromatic heterocycles. The van der Waals surface area contributed by atoms with Crippen LogP contribution in [0.5, 0.6) is 0 Å². The van der Waals surface area contributed by atoms with Gasteiger partial charge in [-0.15, -0.1) is 11.3 Å². The normalized spacial score (nSPS) is 11.7. The van der Waals surface area contributed by atoms with Crippen molar-refractivity contribution in [2.75, 3.05) is 6.26 Å². The Balaban J connectivity index is 2.03. The Bertz CT molecular complexity index is 1250. The minimum Gasteiger partial charge on any atom is -0.464 e. The number of hydrogen-bond donors (Lipinski definition) is 0. The maximum absolute atomic E-state index is 13.1. The maximum atomic E-state index is 13.1. The fourth-order valence-corrected chi connectivity index (χ4v) is 4.66. The van der Waals surface area contributed by atoms with Crippen LogP contribution in [0.1, 0.15) is 0 Å². The van der Waals surface area contributed by atoms with Crippen LogP contribution >= 0.6 is 11.3 Å². The zero-order valence-electron chi connectivity index (χ0n) is 13.8. The maximum Gasteiger partial charge on any atom is 0.199 e. The molecule has 4 rings (SSSR count). The summed E-state index contributed by atoms with van der Waals surface area (Å²) in [6, 6.07) is 17.5. The molecule has 0 aliphatic rings. The fourth-order valence-electron chi connectivity index (χ4n) is 2.84. The second-order valence-electron chi connectivity index (χ2n) is 5.91. The number of furan rings is 1. The van der Waals surface area contributed by atoms with E-state index in [2.05, 4.69) is 0 Å². The van der Waals surface area contributed by atoms with E-state index in [1.165, 1.54) is 23.9 Å². The molecule has 0 aliphatic carbocycles. The first-order chi connectivity index (χ1) is 12.4.